The Hall–Kier alpha value is -6.77. The molecular weight excluding hydrogens is 1240 g/mol. The standard InChI is InChI=1S/C32H12BF24.C29H45N2O/c34-25(35,36)13-1-14(26(37,38)39)6-21(5-13)33(22-7-15(27(40,41)42)2-16(8-22)28(43,44)45,23-9-17(29(46,47)48)3-18(10-23)30(49,50)51)24-11-19(31(52,53)54)4-20(12-24)32(55,56)57;1-2-3-4-5-6-7-8-9-10-11-12-13-14-15-19-22-29(32)28-26-31(24-23-30-28)25-27-20-17-16-18-21-27/h1-12H;16-18,20-21,23-24,26H,2-15,19,22,25H2,1H3/q-1;+1. The number of unbranched alkanes of at least 4 members (excludes halogenated alkanes) is 14. The van der Waals surface area contributed by atoms with Gasteiger partial charge < -0.3 is 0 Å². The van der Waals surface area contributed by atoms with Crippen LogP contribution in [0.15, 0.2) is 122 Å². The van der Waals surface area contributed by atoms with E-state index >= 15 is 0 Å². The Morgan fingerprint density at radius 3 is 0.888 bits per heavy atom. The lowest BCUT2D eigenvalue weighted by Crippen LogP contribution is -2.75. The highest BCUT2D eigenvalue weighted by molar-refractivity contribution is 7.20. The van der Waals surface area contributed by atoms with Crippen molar-refractivity contribution in [2.75, 3.05) is 0 Å². The molecule has 0 saturated carbocycles. The van der Waals surface area contributed by atoms with Gasteiger partial charge in [0.15, 0.2) is 30.4 Å². The van der Waals surface area contributed by atoms with Gasteiger partial charge in [-0.25, -0.2) is 4.98 Å². The SMILES string of the molecule is CCCCCCCCCCCCCCCCCC(=O)c1c[n+](Cc2ccccc2)ccn1.FC(F)(F)c1cc([B-](c2cc(C(F)(F)F)cc(C(F)(F)F)c2)(c2cc(C(F)(F)F)cc(C(F)(F)F)c2)c2cc(C(F)(F)F)cc(C(F)(F)F)c2)cc(C(F)(F)F)c1. The molecule has 0 atom stereocenters. The Bertz CT molecular complexity index is 2830. The summed E-state index contributed by atoms with van der Waals surface area (Å²) in [5.74, 6) is 0.169. The van der Waals surface area contributed by atoms with Crippen LogP contribution in [0.4, 0.5) is 105 Å². The van der Waals surface area contributed by atoms with E-state index in [0.29, 0.717) is 12.1 Å². The predicted octanol–water partition coefficient (Wildman–Crippen LogP) is 19.1. The molecule has 0 aliphatic rings. The minimum absolute atomic E-state index is 0.169. The third kappa shape index (κ3) is 20.9. The van der Waals surface area contributed by atoms with E-state index in [4.69, 9.17) is 0 Å². The van der Waals surface area contributed by atoms with Crippen LogP contribution in [-0.2, 0) is 56.0 Å². The van der Waals surface area contributed by atoms with Gasteiger partial charge in [0.1, 0.15) is 6.15 Å². The fourth-order valence-electron chi connectivity index (χ4n) is 10.3. The number of carbonyl (C=O) groups is 1. The molecule has 28 heteroatoms. The summed E-state index contributed by atoms with van der Waals surface area (Å²) < 4.78 is 343. The summed E-state index contributed by atoms with van der Waals surface area (Å²) >= 11 is 0. The quantitative estimate of drug-likeness (QED) is 0.0211. The van der Waals surface area contributed by atoms with Crippen LogP contribution in [0.1, 0.15) is 170 Å². The molecule has 3 nitrogen and oxygen atoms in total. The van der Waals surface area contributed by atoms with Gasteiger partial charge in [-0.1, -0.05) is 176 Å². The molecule has 0 N–H and O–H groups in total. The molecule has 0 radical (unpaired) electrons. The summed E-state index contributed by atoms with van der Waals surface area (Å²) in [5.41, 5.74) is -28.4. The minimum Gasteiger partial charge on any atom is -0.292 e. The van der Waals surface area contributed by atoms with Gasteiger partial charge in [-0.15, -0.1) is 0 Å². The lowest BCUT2D eigenvalue weighted by Gasteiger charge is -2.46. The lowest BCUT2D eigenvalue weighted by molar-refractivity contribution is -0.689. The number of aromatic nitrogens is 2. The van der Waals surface area contributed by atoms with Crippen LogP contribution in [0, 0.1) is 0 Å². The van der Waals surface area contributed by atoms with E-state index < -0.39 is 195 Å². The van der Waals surface area contributed by atoms with Crippen LogP contribution in [0.2, 0.25) is 0 Å². The second-order valence-corrected chi connectivity index (χ2v) is 21.4. The summed E-state index contributed by atoms with van der Waals surface area (Å²) in [4.78, 5) is 16.8. The zero-order valence-corrected chi connectivity index (χ0v) is 47.0. The summed E-state index contributed by atoms with van der Waals surface area (Å²) in [7, 11) is 0. The highest BCUT2D eigenvalue weighted by atomic mass is 19.4. The molecule has 0 aliphatic heterocycles. The molecule has 1 heterocycles. The van der Waals surface area contributed by atoms with Crippen molar-refractivity contribution in [3.63, 3.8) is 0 Å². The molecule has 488 valence electrons. The third-order valence-corrected chi connectivity index (χ3v) is 14.7. The van der Waals surface area contributed by atoms with Crippen LogP contribution in [0.5, 0.6) is 0 Å². The van der Waals surface area contributed by atoms with Gasteiger partial charge in [-0.2, -0.15) is 132 Å². The summed E-state index contributed by atoms with van der Waals surface area (Å²) in [6, 6.07) is 1.50. The van der Waals surface area contributed by atoms with Gasteiger partial charge in [0, 0.05) is 12.0 Å². The van der Waals surface area contributed by atoms with E-state index in [0.717, 1.165) is 19.4 Å². The monoisotopic (exact) mass is 1300 g/mol. The molecule has 0 aliphatic carbocycles. The Kier molecular flexibility index (Phi) is 24.2. The zero-order valence-electron chi connectivity index (χ0n) is 47.0. The zero-order chi connectivity index (χ0) is 66.6. The first-order valence-corrected chi connectivity index (χ1v) is 27.8. The van der Waals surface area contributed by atoms with E-state index in [-0.39, 0.29) is 5.78 Å². The van der Waals surface area contributed by atoms with Gasteiger partial charge in [-0.3, -0.25) is 4.79 Å². The van der Waals surface area contributed by atoms with Crippen LogP contribution in [0.25, 0.3) is 0 Å². The van der Waals surface area contributed by atoms with Crippen molar-refractivity contribution in [2.24, 2.45) is 0 Å². The molecule has 0 spiro atoms. The van der Waals surface area contributed by atoms with Crippen LogP contribution in [-0.4, -0.2) is 16.9 Å². The molecule has 6 rings (SSSR count). The Labute approximate surface area is 495 Å². The number of nitrogens with zero attached hydrogens (tertiary/aromatic N) is 2. The first-order valence-electron chi connectivity index (χ1n) is 27.8. The molecule has 1 aromatic heterocycles. The number of halogens is 24. The average molecular weight is 1300 g/mol. The van der Waals surface area contributed by atoms with E-state index in [2.05, 4.69) is 24.0 Å². The number of ketones is 1. The Morgan fingerprint density at radius 1 is 0.371 bits per heavy atom. The van der Waals surface area contributed by atoms with Gasteiger partial charge in [-0.05, 0) is 30.7 Å². The van der Waals surface area contributed by atoms with Crippen LogP contribution < -0.4 is 26.4 Å². The number of alkyl halides is 24. The summed E-state index contributed by atoms with van der Waals surface area (Å²) in [5, 5.41) is 0. The van der Waals surface area contributed by atoms with Crippen molar-refractivity contribution in [3.8, 4) is 0 Å². The molecule has 6 aromatic rings. The van der Waals surface area contributed by atoms with Gasteiger partial charge in [0.2, 0.25) is 0 Å². The van der Waals surface area contributed by atoms with E-state index in [9.17, 15) is 110 Å². The maximum absolute atomic E-state index is 14.2. The minimum atomic E-state index is -6.13. The van der Waals surface area contributed by atoms with Crippen molar-refractivity contribution in [3.05, 3.63) is 177 Å². The number of hydrogen-bond donors (Lipinski definition) is 0. The number of carbonyl (C=O) groups excluding carboxylic acids is 1. The molecule has 0 unspecified atom stereocenters. The smallest absolute Gasteiger partial charge is 0.292 e. The number of benzene rings is 5. The first-order chi connectivity index (χ1) is 41.1. The van der Waals surface area contributed by atoms with Gasteiger partial charge >= 0.3 is 49.4 Å². The summed E-state index contributed by atoms with van der Waals surface area (Å²) in [6.07, 6.45) is -28.5. The van der Waals surface area contributed by atoms with E-state index in [1.54, 1.807) is 6.20 Å². The van der Waals surface area contributed by atoms with Crippen molar-refractivity contribution < 1.29 is 115 Å². The molecular formula is C61H57BF24N2O. The van der Waals surface area contributed by atoms with Gasteiger partial charge in [0.05, 0.1) is 50.7 Å². The topological polar surface area (TPSA) is 33.8 Å². The molecule has 0 amide bonds. The first kappa shape index (κ1) is 73.0. The molecule has 0 bridgehead atoms. The second kappa shape index (κ2) is 29.5. The Balaban J connectivity index is 0.000000380. The third-order valence-electron chi connectivity index (χ3n) is 14.7. The number of Topliss-reactive ketones (excluding diaryl/α,β-unsaturated/α-hetero) is 1. The van der Waals surface area contributed by atoms with Crippen molar-refractivity contribution >= 4 is 33.8 Å². The highest BCUT2D eigenvalue weighted by Gasteiger charge is 2.47. The fraction of sp³-hybridized carbons (Fsp3) is 0.426. The van der Waals surface area contributed by atoms with Crippen LogP contribution >= 0.6 is 0 Å². The summed E-state index contributed by atoms with van der Waals surface area (Å²) in [6.45, 7) is 3.05. The molecule has 89 heavy (non-hydrogen) atoms. The van der Waals surface area contributed by atoms with Crippen molar-refractivity contribution in [1.29, 1.82) is 0 Å². The maximum atomic E-state index is 14.2. The highest BCUT2D eigenvalue weighted by Crippen LogP contribution is 2.42. The van der Waals surface area contributed by atoms with E-state index in [1.165, 1.54) is 89.0 Å². The normalized spacial score (nSPS) is 13.1. The van der Waals surface area contributed by atoms with Crippen LogP contribution in [0.3, 0.4) is 0 Å². The Morgan fingerprint density at radius 2 is 0.629 bits per heavy atom. The van der Waals surface area contributed by atoms with E-state index in [1.807, 2.05) is 35.2 Å². The molecule has 5 aromatic carbocycles. The molecule has 0 saturated heterocycles. The number of hydrogen-bond acceptors (Lipinski definition) is 2. The molecule has 0 fully saturated rings. The fourth-order valence-corrected chi connectivity index (χ4v) is 10.3. The van der Waals surface area contributed by atoms with Gasteiger partial charge in [0.25, 0.3) is 0 Å². The second-order valence-electron chi connectivity index (χ2n) is 21.4. The van der Waals surface area contributed by atoms with Crippen molar-refractivity contribution in [1.82, 2.24) is 4.98 Å². The maximum Gasteiger partial charge on any atom is 0.416 e. The predicted molar refractivity (Wildman–Crippen MR) is 284 cm³/mol. The lowest BCUT2D eigenvalue weighted by atomic mass is 9.12. The van der Waals surface area contributed by atoms with Crippen molar-refractivity contribution in [2.45, 2.75) is 166 Å². The number of rotatable bonds is 23. The largest absolute Gasteiger partial charge is 0.416 e. The average Bonchev–Trinajstić information content (AvgIpc) is 0.715.